The fraction of sp³-hybridized carbons (Fsp3) is 0.524. The van der Waals surface area contributed by atoms with Crippen LogP contribution in [-0.4, -0.2) is 57.4 Å². The van der Waals surface area contributed by atoms with Gasteiger partial charge in [-0.3, -0.25) is 9.79 Å². The van der Waals surface area contributed by atoms with Gasteiger partial charge in [-0.25, -0.2) is 9.67 Å². The smallest absolute Gasteiger partial charge is 0.251 e. The fourth-order valence-corrected chi connectivity index (χ4v) is 3.26. The number of rotatable bonds is 7. The Balaban J connectivity index is 1.50. The lowest BCUT2D eigenvalue weighted by molar-refractivity contribution is 0.0955. The molecule has 1 aliphatic rings. The Bertz CT molecular complexity index is 874. The second kappa shape index (κ2) is 10.1. The molecule has 162 valence electrons. The van der Waals surface area contributed by atoms with Crippen molar-refractivity contribution >= 4 is 11.9 Å². The first-order valence-electron chi connectivity index (χ1n) is 10.5. The summed E-state index contributed by atoms with van der Waals surface area (Å²) in [6, 6.07) is 6.39. The second-order valence-electron chi connectivity index (χ2n) is 7.67. The van der Waals surface area contributed by atoms with Crippen LogP contribution in [0, 0.1) is 0 Å². The minimum atomic E-state index is -0.185. The van der Waals surface area contributed by atoms with Gasteiger partial charge in [0.15, 0.2) is 11.8 Å². The Hall–Kier alpha value is -3.10. The summed E-state index contributed by atoms with van der Waals surface area (Å²) in [6.45, 7) is 8.63. The molecular weight excluding hydrogens is 382 g/mol. The molecule has 0 aliphatic carbocycles. The number of phenols is 1. The third kappa shape index (κ3) is 5.71. The molecule has 2 heterocycles. The molecule has 9 heteroatoms. The van der Waals surface area contributed by atoms with E-state index < -0.39 is 0 Å². The molecule has 0 radical (unpaired) electrons. The normalized spacial score (nSPS) is 16.3. The number of aromatic nitrogens is 3. The first kappa shape index (κ1) is 21.6. The number of phenolic OH excluding ortho intramolecular Hbond substituents is 1. The Morgan fingerprint density at radius 1 is 1.30 bits per heavy atom. The number of aryl methyl sites for hydroxylation is 1. The molecule has 0 fully saturated rings. The van der Waals surface area contributed by atoms with Gasteiger partial charge in [0.2, 0.25) is 0 Å². The van der Waals surface area contributed by atoms with Crippen molar-refractivity contribution in [3.8, 4) is 5.75 Å². The molecule has 0 saturated carbocycles. The Morgan fingerprint density at radius 3 is 2.77 bits per heavy atom. The summed E-state index contributed by atoms with van der Waals surface area (Å²) in [6.07, 6.45) is 1.86. The summed E-state index contributed by atoms with van der Waals surface area (Å²) >= 11 is 0. The molecular formula is C21H31N7O2. The van der Waals surface area contributed by atoms with Crippen molar-refractivity contribution in [1.29, 1.82) is 0 Å². The van der Waals surface area contributed by atoms with E-state index in [1.54, 1.807) is 12.1 Å². The van der Waals surface area contributed by atoms with Crippen LogP contribution >= 0.6 is 0 Å². The summed E-state index contributed by atoms with van der Waals surface area (Å²) in [4.78, 5) is 21.3. The van der Waals surface area contributed by atoms with Gasteiger partial charge < -0.3 is 21.1 Å². The quantitative estimate of drug-likeness (QED) is 0.310. The molecule has 1 aromatic heterocycles. The van der Waals surface area contributed by atoms with Gasteiger partial charge in [0, 0.05) is 37.0 Å². The van der Waals surface area contributed by atoms with Crippen LogP contribution in [-0.2, 0) is 13.0 Å². The number of amides is 1. The summed E-state index contributed by atoms with van der Waals surface area (Å²) in [7, 11) is 0. The zero-order valence-electron chi connectivity index (χ0n) is 17.9. The van der Waals surface area contributed by atoms with E-state index >= 15 is 0 Å². The highest BCUT2D eigenvalue weighted by molar-refractivity contribution is 5.94. The topological polar surface area (TPSA) is 116 Å². The van der Waals surface area contributed by atoms with Crippen LogP contribution in [0.25, 0.3) is 0 Å². The maximum atomic E-state index is 12.1. The van der Waals surface area contributed by atoms with Crippen LogP contribution in [0.2, 0.25) is 0 Å². The van der Waals surface area contributed by atoms with Crippen LogP contribution < -0.4 is 16.0 Å². The van der Waals surface area contributed by atoms with E-state index in [4.69, 9.17) is 0 Å². The van der Waals surface area contributed by atoms with Crippen LogP contribution in [0.1, 0.15) is 55.1 Å². The molecule has 1 aromatic carbocycles. The van der Waals surface area contributed by atoms with E-state index in [-0.39, 0.29) is 17.7 Å². The van der Waals surface area contributed by atoms with E-state index in [0.29, 0.717) is 24.6 Å². The molecule has 9 nitrogen and oxygen atoms in total. The maximum absolute atomic E-state index is 12.1. The standard InChI is InChI=1S/C21H31N7O2/c1-4-22-21(24-12-11-23-20(30)15-5-8-17(29)9-6-15)25-16-7-10-18-26-19(14(2)3)27-28(18)13-16/h5-6,8-9,14,16,29H,4,7,10-13H2,1-3H3,(H,23,30)(H2,22,24,25). The van der Waals surface area contributed by atoms with Crippen molar-refractivity contribution in [3.05, 3.63) is 41.5 Å². The number of benzene rings is 1. The average Bonchev–Trinajstić information content (AvgIpc) is 3.15. The average molecular weight is 414 g/mol. The molecule has 1 atom stereocenters. The molecule has 0 spiro atoms. The molecule has 0 saturated heterocycles. The Morgan fingerprint density at radius 2 is 2.07 bits per heavy atom. The highest BCUT2D eigenvalue weighted by Crippen LogP contribution is 2.17. The summed E-state index contributed by atoms with van der Waals surface area (Å²) in [5.74, 6) is 2.96. The number of hydrogen-bond acceptors (Lipinski definition) is 5. The minimum Gasteiger partial charge on any atom is -0.508 e. The van der Waals surface area contributed by atoms with E-state index in [9.17, 15) is 9.90 Å². The lowest BCUT2D eigenvalue weighted by Crippen LogP contribution is -2.47. The lowest BCUT2D eigenvalue weighted by Gasteiger charge is -2.25. The van der Waals surface area contributed by atoms with Crippen LogP contribution in [0.4, 0.5) is 0 Å². The first-order chi connectivity index (χ1) is 14.5. The Labute approximate surface area is 177 Å². The number of nitrogens with one attached hydrogen (secondary N) is 3. The van der Waals surface area contributed by atoms with Crippen LogP contribution in [0.5, 0.6) is 5.75 Å². The molecule has 2 aromatic rings. The number of nitrogens with zero attached hydrogens (tertiary/aromatic N) is 4. The highest BCUT2D eigenvalue weighted by atomic mass is 16.3. The van der Waals surface area contributed by atoms with Crippen molar-refractivity contribution in [1.82, 2.24) is 30.7 Å². The SMILES string of the molecule is CCNC(=NCCNC(=O)c1ccc(O)cc1)NC1CCc2nc(C(C)C)nn2C1. The molecule has 1 aliphatic heterocycles. The van der Waals surface area contributed by atoms with Crippen molar-refractivity contribution in [2.45, 2.75) is 52.1 Å². The van der Waals surface area contributed by atoms with Gasteiger partial charge in [-0.15, -0.1) is 0 Å². The predicted molar refractivity (Wildman–Crippen MR) is 116 cm³/mol. The van der Waals surface area contributed by atoms with Crippen molar-refractivity contribution in [3.63, 3.8) is 0 Å². The van der Waals surface area contributed by atoms with Gasteiger partial charge >= 0.3 is 0 Å². The number of carbonyl (C=O) groups excluding carboxylic acids is 1. The molecule has 1 amide bonds. The van der Waals surface area contributed by atoms with E-state index in [1.165, 1.54) is 12.1 Å². The highest BCUT2D eigenvalue weighted by Gasteiger charge is 2.23. The monoisotopic (exact) mass is 413 g/mol. The number of aromatic hydroxyl groups is 1. The van der Waals surface area contributed by atoms with Crippen LogP contribution in [0.3, 0.4) is 0 Å². The molecule has 1 unspecified atom stereocenters. The van der Waals surface area contributed by atoms with E-state index in [2.05, 4.69) is 44.9 Å². The third-order valence-corrected chi connectivity index (χ3v) is 4.87. The molecule has 4 N–H and O–H groups in total. The van der Waals surface area contributed by atoms with Crippen molar-refractivity contribution in [2.75, 3.05) is 19.6 Å². The Kier molecular flexibility index (Phi) is 7.26. The minimum absolute atomic E-state index is 0.138. The van der Waals surface area contributed by atoms with Gasteiger partial charge in [-0.2, -0.15) is 5.10 Å². The largest absolute Gasteiger partial charge is 0.508 e. The zero-order chi connectivity index (χ0) is 21.5. The number of fused-ring (bicyclic) bond motifs is 1. The van der Waals surface area contributed by atoms with Crippen molar-refractivity contribution in [2.24, 2.45) is 4.99 Å². The summed E-state index contributed by atoms with van der Waals surface area (Å²) < 4.78 is 2.00. The predicted octanol–water partition coefficient (Wildman–Crippen LogP) is 1.41. The van der Waals surface area contributed by atoms with Gasteiger partial charge in [0.05, 0.1) is 13.1 Å². The van der Waals surface area contributed by atoms with E-state index in [1.807, 2.05) is 11.6 Å². The van der Waals surface area contributed by atoms with Gasteiger partial charge in [0.25, 0.3) is 5.91 Å². The first-order valence-corrected chi connectivity index (χ1v) is 10.5. The number of hydrogen-bond donors (Lipinski definition) is 4. The van der Waals surface area contributed by atoms with Gasteiger partial charge in [-0.1, -0.05) is 13.8 Å². The number of carbonyl (C=O) groups is 1. The van der Waals surface area contributed by atoms with Crippen molar-refractivity contribution < 1.29 is 9.90 Å². The zero-order valence-corrected chi connectivity index (χ0v) is 17.9. The van der Waals surface area contributed by atoms with Gasteiger partial charge in [0.1, 0.15) is 11.6 Å². The van der Waals surface area contributed by atoms with Crippen LogP contribution in [0.15, 0.2) is 29.3 Å². The lowest BCUT2D eigenvalue weighted by atomic mass is 10.1. The molecule has 0 bridgehead atoms. The maximum Gasteiger partial charge on any atom is 0.251 e. The number of aliphatic imine (C=N–C) groups is 1. The third-order valence-electron chi connectivity index (χ3n) is 4.87. The second-order valence-corrected chi connectivity index (χ2v) is 7.67. The number of guanidine groups is 1. The summed E-state index contributed by atoms with van der Waals surface area (Å²) in [5.41, 5.74) is 0.508. The van der Waals surface area contributed by atoms with E-state index in [0.717, 1.165) is 43.5 Å². The summed E-state index contributed by atoms with van der Waals surface area (Å²) in [5, 5.41) is 23.5. The fourth-order valence-electron chi connectivity index (χ4n) is 3.26. The molecule has 3 rings (SSSR count). The van der Waals surface area contributed by atoms with Gasteiger partial charge in [-0.05, 0) is 37.6 Å². The molecule has 30 heavy (non-hydrogen) atoms.